The number of benzene rings is 2. The number of ether oxygens (including phenoxy) is 1. The van der Waals surface area contributed by atoms with Crippen LogP contribution in [0.2, 0.25) is 5.02 Å². The van der Waals surface area contributed by atoms with Gasteiger partial charge in [0.05, 0.1) is 18.5 Å². The molecule has 1 heterocycles. The fourth-order valence-corrected chi connectivity index (χ4v) is 2.42. The first-order valence-electron chi connectivity index (χ1n) is 7.24. The number of hydrogen-bond donors (Lipinski definition) is 0. The van der Waals surface area contributed by atoms with E-state index < -0.39 is 17.3 Å². The van der Waals surface area contributed by atoms with Crippen LogP contribution in [0.3, 0.4) is 0 Å². The van der Waals surface area contributed by atoms with Gasteiger partial charge >= 0.3 is 5.97 Å². The van der Waals surface area contributed by atoms with Crippen LogP contribution in [0.15, 0.2) is 59.4 Å². The topological polar surface area (TPSA) is 61.2 Å². The van der Waals surface area contributed by atoms with E-state index in [1.165, 1.54) is 31.4 Å². The summed E-state index contributed by atoms with van der Waals surface area (Å²) >= 11 is 5.88. The van der Waals surface area contributed by atoms with E-state index in [9.17, 15) is 14.0 Å². The predicted molar refractivity (Wildman–Crippen MR) is 91.6 cm³/mol. The van der Waals surface area contributed by atoms with Crippen LogP contribution in [0.25, 0.3) is 16.9 Å². The number of rotatable bonds is 3. The van der Waals surface area contributed by atoms with Crippen molar-refractivity contribution in [2.45, 2.75) is 0 Å². The molecule has 7 heteroatoms. The highest BCUT2D eigenvalue weighted by Crippen LogP contribution is 2.20. The van der Waals surface area contributed by atoms with E-state index in [2.05, 4.69) is 9.84 Å². The fourth-order valence-electron chi connectivity index (χ4n) is 2.30. The molecule has 0 aliphatic rings. The van der Waals surface area contributed by atoms with E-state index in [-0.39, 0.29) is 11.3 Å². The standard InChI is InChI=1S/C18H12ClFN2O3/c1-25-18(24)15-10-16(11-5-7-12(19)8-6-11)21-22(17(15)23)14-4-2-3-13(20)9-14/h2-10H,1H3. The Kier molecular flexibility index (Phi) is 4.63. The van der Waals surface area contributed by atoms with Gasteiger partial charge in [0, 0.05) is 10.6 Å². The van der Waals surface area contributed by atoms with Crippen LogP contribution in [-0.2, 0) is 4.74 Å². The molecule has 0 N–H and O–H groups in total. The summed E-state index contributed by atoms with van der Waals surface area (Å²) in [6.07, 6.45) is 0. The van der Waals surface area contributed by atoms with Crippen molar-refractivity contribution in [1.82, 2.24) is 9.78 Å². The second-order valence-corrected chi connectivity index (χ2v) is 5.57. The van der Waals surface area contributed by atoms with Crippen molar-refractivity contribution in [3.8, 4) is 16.9 Å². The predicted octanol–water partition coefficient (Wildman–Crippen LogP) is 3.48. The number of halogens is 2. The van der Waals surface area contributed by atoms with Gasteiger partial charge in [-0.05, 0) is 36.4 Å². The number of carbonyl (C=O) groups is 1. The van der Waals surface area contributed by atoms with Gasteiger partial charge in [0.25, 0.3) is 5.56 Å². The van der Waals surface area contributed by atoms with Crippen molar-refractivity contribution in [3.63, 3.8) is 0 Å². The third kappa shape index (κ3) is 3.44. The van der Waals surface area contributed by atoms with Crippen LogP contribution < -0.4 is 5.56 Å². The molecule has 0 saturated heterocycles. The first-order valence-corrected chi connectivity index (χ1v) is 7.62. The van der Waals surface area contributed by atoms with Gasteiger partial charge < -0.3 is 4.74 Å². The van der Waals surface area contributed by atoms with Crippen LogP contribution in [0.4, 0.5) is 4.39 Å². The van der Waals surface area contributed by atoms with E-state index in [1.807, 2.05) is 0 Å². The number of methoxy groups -OCH3 is 1. The Labute approximate surface area is 147 Å². The van der Waals surface area contributed by atoms with E-state index in [4.69, 9.17) is 11.6 Å². The minimum atomic E-state index is -0.798. The Morgan fingerprint density at radius 2 is 1.88 bits per heavy atom. The summed E-state index contributed by atoms with van der Waals surface area (Å²) < 4.78 is 19.2. The van der Waals surface area contributed by atoms with Gasteiger partial charge in [0.2, 0.25) is 0 Å². The molecule has 0 fully saturated rings. The lowest BCUT2D eigenvalue weighted by atomic mass is 10.1. The van der Waals surface area contributed by atoms with Crippen LogP contribution in [-0.4, -0.2) is 22.9 Å². The van der Waals surface area contributed by atoms with E-state index in [0.717, 1.165) is 10.7 Å². The van der Waals surface area contributed by atoms with Gasteiger partial charge in [0.1, 0.15) is 11.4 Å². The Balaban J connectivity index is 2.27. The van der Waals surface area contributed by atoms with E-state index >= 15 is 0 Å². The highest BCUT2D eigenvalue weighted by Gasteiger charge is 2.18. The van der Waals surface area contributed by atoms with Crippen molar-refractivity contribution in [3.05, 3.63) is 81.4 Å². The molecule has 0 amide bonds. The van der Waals surface area contributed by atoms with Crippen molar-refractivity contribution in [1.29, 1.82) is 0 Å². The van der Waals surface area contributed by atoms with Crippen LogP contribution in [0.1, 0.15) is 10.4 Å². The molecule has 0 bridgehead atoms. The average molecular weight is 359 g/mol. The molecule has 0 atom stereocenters. The molecule has 0 spiro atoms. The Bertz CT molecular complexity index is 1000. The Morgan fingerprint density at radius 3 is 2.52 bits per heavy atom. The average Bonchev–Trinajstić information content (AvgIpc) is 2.62. The van der Waals surface area contributed by atoms with Crippen molar-refractivity contribution < 1.29 is 13.9 Å². The summed E-state index contributed by atoms with van der Waals surface area (Å²) in [5.41, 5.74) is 0.286. The smallest absolute Gasteiger partial charge is 0.343 e. The fraction of sp³-hybridized carbons (Fsp3) is 0.0556. The molecule has 0 radical (unpaired) electrons. The summed E-state index contributed by atoms with van der Waals surface area (Å²) in [7, 11) is 1.18. The lowest BCUT2D eigenvalue weighted by molar-refractivity contribution is 0.0598. The summed E-state index contributed by atoms with van der Waals surface area (Å²) in [4.78, 5) is 24.5. The largest absolute Gasteiger partial charge is 0.465 e. The molecule has 1 aromatic heterocycles. The Hall–Kier alpha value is -2.99. The molecule has 0 saturated carbocycles. The first kappa shape index (κ1) is 16.9. The maximum atomic E-state index is 13.5. The highest BCUT2D eigenvalue weighted by atomic mass is 35.5. The molecular weight excluding hydrogens is 347 g/mol. The van der Waals surface area contributed by atoms with Crippen LogP contribution in [0.5, 0.6) is 0 Å². The zero-order chi connectivity index (χ0) is 18.0. The molecule has 5 nitrogen and oxygen atoms in total. The monoisotopic (exact) mass is 358 g/mol. The van der Waals surface area contributed by atoms with Gasteiger partial charge in [-0.1, -0.05) is 29.8 Å². The first-order chi connectivity index (χ1) is 12.0. The molecule has 0 aliphatic heterocycles. The normalized spacial score (nSPS) is 10.5. The third-order valence-corrected chi connectivity index (χ3v) is 3.76. The van der Waals surface area contributed by atoms with Crippen LogP contribution in [0, 0.1) is 5.82 Å². The number of nitrogens with zero attached hydrogens (tertiary/aromatic N) is 2. The summed E-state index contributed by atoms with van der Waals surface area (Å²) in [6.45, 7) is 0. The molecule has 2 aromatic carbocycles. The van der Waals surface area contributed by atoms with Crippen molar-refractivity contribution >= 4 is 17.6 Å². The summed E-state index contributed by atoms with van der Waals surface area (Å²) in [5.74, 6) is -1.32. The second-order valence-electron chi connectivity index (χ2n) is 5.14. The molecule has 3 aromatic rings. The number of carbonyl (C=O) groups excluding carboxylic acids is 1. The van der Waals surface area contributed by atoms with Gasteiger partial charge in [-0.25, -0.2) is 9.18 Å². The summed E-state index contributed by atoms with van der Waals surface area (Å²) in [6, 6.07) is 13.4. The maximum Gasteiger partial charge on any atom is 0.343 e. The zero-order valence-electron chi connectivity index (χ0n) is 13.1. The third-order valence-electron chi connectivity index (χ3n) is 3.51. The molecule has 3 rings (SSSR count). The quantitative estimate of drug-likeness (QED) is 0.672. The lowest BCUT2D eigenvalue weighted by Crippen LogP contribution is -2.28. The SMILES string of the molecule is COC(=O)c1cc(-c2ccc(Cl)cc2)nn(-c2cccc(F)c2)c1=O. The number of esters is 1. The van der Waals surface area contributed by atoms with Gasteiger partial charge in [-0.15, -0.1) is 0 Å². The lowest BCUT2D eigenvalue weighted by Gasteiger charge is -2.10. The van der Waals surface area contributed by atoms with Gasteiger partial charge in [0.15, 0.2) is 0 Å². The minimum absolute atomic E-state index is 0.200. The maximum absolute atomic E-state index is 13.5. The molecule has 25 heavy (non-hydrogen) atoms. The zero-order valence-corrected chi connectivity index (χ0v) is 13.8. The highest BCUT2D eigenvalue weighted by molar-refractivity contribution is 6.30. The van der Waals surface area contributed by atoms with Gasteiger partial charge in [-0.3, -0.25) is 4.79 Å². The summed E-state index contributed by atoms with van der Waals surface area (Å²) in [5, 5.41) is 4.78. The molecular formula is C18H12ClFN2O3. The van der Waals surface area contributed by atoms with E-state index in [1.54, 1.807) is 24.3 Å². The molecule has 126 valence electrons. The van der Waals surface area contributed by atoms with Crippen molar-refractivity contribution in [2.24, 2.45) is 0 Å². The minimum Gasteiger partial charge on any atom is -0.465 e. The molecule has 0 unspecified atom stereocenters. The number of aromatic nitrogens is 2. The Morgan fingerprint density at radius 1 is 1.16 bits per heavy atom. The molecule has 0 aliphatic carbocycles. The van der Waals surface area contributed by atoms with Gasteiger partial charge in [-0.2, -0.15) is 9.78 Å². The number of hydrogen-bond acceptors (Lipinski definition) is 4. The van der Waals surface area contributed by atoms with Crippen molar-refractivity contribution in [2.75, 3.05) is 7.11 Å². The van der Waals surface area contributed by atoms with E-state index in [0.29, 0.717) is 16.3 Å². The van der Waals surface area contributed by atoms with Crippen LogP contribution >= 0.6 is 11.6 Å². The second kappa shape index (κ2) is 6.86.